The number of hydrogen-bond acceptors (Lipinski definition) is 3. The van der Waals surface area contributed by atoms with Gasteiger partial charge in [0.05, 0.1) is 5.92 Å². The van der Waals surface area contributed by atoms with Crippen molar-refractivity contribution in [2.75, 3.05) is 19.6 Å². The monoisotopic (exact) mass is 304 g/mol. The Morgan fingerprint density at radius 3 is 2.55 bits per heavy atom. The summed E-state index contributed by atoms with van der Waals surface area (Å²) >= 11 is 0. The second kappa shape index (κ2) is 6.92. The van der Waals surface area contributed by atoms with Crippen LogP contribution in [0.2, 0.25) is 0 Å². The van der Waals surface area contributed by atoms with E-state index in [0.29, 0.717) is 32.5 Å². The summed E-state index contributed by atoms with van der Waals surface area (Å²) in [4.78, 5) is 25.5. The normalized spacial score (nSPS) is 17.5. The van der Waals surface area contributed by atoms with Crippen molar-refractivity contribution in [2.45, 2.75) is 32.3 Å². The molecule has 5 nitrogen and oxygen atoms in total. The fraction of sp³-hybridized carbons (Fsp3) is 0.529. The van der Waals surface area contributed by atoms with E-state index < -0.39 is 5.60 Å². The molecule has 1 atom stereocenters. The molecule has 1 fully saturated rings. The third-order valence-corrected chi connectivity index (χ3v) is 4.09. The van der Waals surface area contributed by atoms with Crippen LogP contribution in [-0.4, -0.2) is 47.1 Å². The van der Waals surface area contributed by atoms with Crippen molar-refractivity contribution < 1.29 is 14.7 Å². The Balaban J connectivity index is 1.83. The number of carbonyl (C=O) groups is 2. The maximum atomic E-state index is 12.3. The second-order valence-electron chi connectivity index (χ2n) is 6.06. The summed E-state index contributed by atoms with van der Waals surface area (Å²) in [5.74, 6) is -0.451. The summed E-state index contributed by atoms with van der Waals surface area (Å²) in [6.07, 6.45) is 1.02. The van der Waals surface area contributed by atoms with E-state index in [1.54, 1.807) is 11.8 Å². The standard InChI is InChI=1S/C17H24N2O3/c1-3-18-15(20)14-11-19(12-14)16(21)17(2,22)10-9-13-7-5-4-6-8-13/h4-8,14,22H,3,9-12H2,1-2H3,(H,18,20)/t17-/m0/s1. The molecule has 5 heteroatoms. The Kier molecular flexibility index (Phi) is 5.19. The quantitative estimate of drug-likeness (QED) is 0.822. The fourth-order valence-corrected chi connectivity index (χ4v) is 2.61. The minimum atomic E-state index is -1.39. The van der Waals surface area contributed by atoms with E-state index in [4.69, 9.17) is 0 Å². The number of nitrogens with zero attached hydrogens (tertiary/aromatic N) is 1. The van der Waals surface area contributed by atoms with Crippen molar-refractivity contribution in [3.8, 4) is 0 Å². The number of carbonyl (C=O) groups excluding carboxylic acids is 2. The van der Waals surface area contributed by atoms with Gasteiger partial charge >= 0.3 is 0 Å². The lowest BCUT2D eigenvalue weighted by Crippen LogP contribution is -2.60. The largest absolute Gasteiger partial charge is 0.380 e. The third kappa shape index (κ3) is 3.85. The molecule has 2 amide bonds. The van der Waals surface area contributed by atoms with E-state index >= 15 is 0 Å². The van der Waals surface area contributed by atoms with Crippen molar-refractivity contribution in [1.82, 2.24) is 10.2 Å². The summed E-state index contributed by atoms with van der Waals surface area (Å²) in [5.41, 5.74) is -0.290. The minimum absolute atomic E-state index is 0.0181. The van der Waals surface area contributed by atoms with Gasteiger partial charge in [-0.25, -0.2) is 0 Å². The van der Waals surface area contributed by atoms with Gasteiger partial charge in [-0.1, -0.05) is 30.3 Å². The zero-order valence-corrected chi connectivity index (χ0v) is 13.2. The molecule has 0 saturated carbocycles. The lowest BCUT2D eigenvalue weighted by molar-refractivity contribution is -0.159. The number of rotatable bonds is 6. The molecule has 0 radical (unpaired) electrons. The average Bonchev–Trinajstić information content (AvgIpc) is 2.45. The van der Waals surface area contributed by atoms with Crippen LogP contribution < -0.4 is 5.32 Å². The van der Waals surface area contributed by atoms with Crippen LogP contribution >= 0.6 is 0 Å². The molecule has 1 aliphatic rings. The topological polar surface area (TPSA) is 69.6 Å². The van der Waals surface area contributed by atoms with Gasteiger partial charge in [0, 0.05) is 19.6 Å². The average molecular weight is 304 g/mol. The zero-order valence-electron chi connectivity index (χ0n) is 13.2. The summed E-state index contributed by atoms with van der Waals surface area (Å²) in [5, 5.41) is 13.2. The van der Waals surface area contributed by atoms with Crippen LogP contribution in [0.1, 0.15) is 25.8 Å². The van der Waals surface area contributed by atoms with E-state index in [1.165, 1.54) is 0 Å². The fourth-order valence-electron chi connectivity index (χ4n) is 2.61. The number of aryl methyl sites for hydroxylation is 1. The smallest absolute Gasteiger partial charge is 0.254 e. The third-order valence-electron chi connectivity index (χ3n) is 4.09. The van der Waals surface area contributed by atoms with Crippen LogP contribution in [0.15, 0.2) is 30.3 Å². The number of aliphatic hydroxyl groups is 1. The highest BCUT2D eigenvalue weighted by Crippen LogP contribution is 2.23. The van der Waals surface area contributed by atoms with Gasteiger partial charge in [0.25, 0.3) is 5.91 Å². The number of likely N-dealkylation sites (tertiary alicyclic amines) is 1. The Labute approximate surface area is 131 Å². The van der Waals surface area contributed by atoms with Crippen LogP contribution in [0.3, 0.4) is 0 Å². The summed E-state index contributed by atoms with van der Waals surface area (Å²) in [6.45, 7) is 4.81. The molecular formula is C17H24N2O3. The molecule has 0 aromatic heterocycles. The summed E-state index contributed by atoms with van der Waals surface area (Å²) in [6, 6.07) is 9.79. The number of hydrogen-bond donors (Lipinski definition) is 2. The minimum Gasteiger partial charge on any atom is -0.380 e. The SMILES string of the molecule is CCNC(=O)C1CN(C(=O)[C@@](C)(O)CCc2ccccc2)C1. The predicted molar refractivity (Wildman–Crippen MR) is 84.1 cm³/mol. The first-order valence-electron chi connectivity index (χ1n) is 7.77. The van der Waals surface area contributed by atoms with Gasteiger partial charge in [0.2, 0.25) is 5.91 Å². The van der Waals surface area contributed by atoms with Crippen molar-refractivity contribution in [3.05, 3.63) is 35.9 Å². The molecule has 1 aromatic rings. The highest BCUT2D eigenvalue weighted by molar-refractivity contribution is 5.88. The Hall–Kier alpha value is -1.88. The number of benzene rings is 1. The van der Waals surface area contributed by atoms with Gasteiger partial charge in [0.15, 0.2) is 0 Å². The Morgan fingerprint density at radius 1 is 1.32 bits per heavy atom. The zero-order chi connectivity index (χ0) is 16.2. The second-order valence-corrected chi connectivity index (χ2v) is 6.06. The molecular weight excluding hydrogens is 280 g/mol. The molecule has 0 bridgehead atoms. The molecule has 1 saturated heterocycles. The van der Waals surface area contributed by atoms with Crippen LogP contribution in [0.4, 0.5) is 0 Å². The lowest BCUT2D eigenvalue weighted by atomic mass is 9.91. The van der Waals surface area contributed by atoms with Gasteiger partial charge in [-0.2, -0.15) is 0 Å². The maximum absolute atomic E-state index is 12.3. The molecule has 1 heterocycles. The van der Waals surface area contributed by atoms with Crippen molar-refractivity contribution in [2.24, 2.45) is 5.92 Å². The van der Waals surface area contributed by atoms with Crippen LogP contribution in [0, 0.1) is 5.92 Å². The first-order valence-corrected chi connectivity index (χ1v) is 7.77. The molecule has 2 rings (SSSR count). The lowest BCUT2D eigenvalue weighted by Gasteiger charge is -2.41. The Bertz CT molecular complexity index is 522. The van der Waals surface area contributed by atoms with E-state index in [9.17, 15) is 14.7 Å². The van der Waals surface area contributed by atoms with E-state index in [1.807, 2.05) is 37.3 Å². The highest BCUT2D eigenvalue weighted by Gasteiger charge is 2.42. The molecule has 1 aliphatic heterocycles. The molecule has 22 heavy (non-hydrogen) atoms. The van der Waals surface area contributed by atoms with Crippen molar-refractivity contribution in [1.29, 1.82) is 0 Å². The van der Waals surface area contributed by atoms with Gasteiger partial charge in [-0.3, -0.25) is 9.59 Å². The van der Waals surface area contributed by atoms with Gasteiger partial charge in [-0.05, 0) is 32.3 Å². The summed E-state index contributed by atoms with van der Waals surface area (Å²) in [7, 11) is 0. The first kappa shape index (κ1) is 16.5. The number of nitrogens with one attached hydrogen (secondary N) is 1. The first-order chi connectivity index (χ1) is 10.4. The van der Waals surface area contributed by atoms with E-state index in [2.05, 4.69) is 5.32 Å². The molecule has 1 aromatic carbocycles. The molecule has 2 N–H and O–H groups in total. The Morgan fingerprint density at radius 2 is 1.95 bits per heavy atom. The highest BCUT2D eigenvalue weighted by atomic mass is 16.3. The number of amides is 2. The molecule has 120 valence electrons. The van der Waals surface area contributed by atoms with E-state index in [-0.39, 0.29) is 17.7 Å². The van der Waals surface area contributed by atoms with Crippen molar-refractivity contribution in [3.63, 3.8) is 0 Å². The van der Waals surface area contributed by atoms with Gasteiger partial charge in [-0.15, -0.1) is 0 Å². The van der Waals surface area contributed by atoms with Crippen LogP contribution in [0.25, 0.3) is 0 Å². The van der Waals surface area contributed by atoms with E-state index in [0.717, 1.165) is 5.56 Å². The van der Waals surface area contributed by atoms with Crippen LogP contribution in [0.5, 0.6) is 0 Å². The molecule has 0 spiro atoms. The van der Waals surface area contributed by atoms with Gasteiger partial charge in [0.1, 0.15) is 5.60 Å². The van der Waals surface area contributed by atoms with Gasteiger partial charge < -0.3 is 15.3 Å². The maximum Gasteiger partial charge on any atom is 0.254 e. The van der Waals surface area contributed by atoms with Crippen molar-refractivity contribution >= 4 is 11.8 Å². The summed E-state index contributed by atoms with van der Waals surface area (Å²) < 4.78 is 0. The predicted octanol–water partition coefficient (Wildman–Crippen LogP) is 0.965. The molecule has 0 aliphatic carbocycles. The molecule has 0 unspecified atom stereocenters. The van der Waals surface area contributed by atoms with Crippen LogP contribution in [-0.2, 0) is 16.0 Å².